The highest BCUT2D eigenvalue weighted by Crippen LogP contribution is 2.30. The van der Waals surface area contributed by atoms with Crippen molar-refractivity contribution in [1.82, 2.24) is 4.98 Å². The van der Waals surface area contributed by atoms with Gasteiger partial charge in [-0.1, -0.05) is 54.6 Å². The van der Waals surface area contributed by atoms with Crippen molar-refractivity contribution in [1.29, 1.82) is 0 Å². The Kier molecular flexibility index (Phi) is 5.59. The van der Waals surface area contributed by atoms with Crippen LogP contribution in [0.4, 0.5) is 24.5 Å². The SMILES string of the molecule is O=C(OC(=O)C(F)(F)F)c1ccc(-c2ccccc2)cc1Nc1cnc2ccccc2c1. The van der Waals surface area contributed by atoms with Gasteiger partial charge < -0.3 is 10.1 Å². The Hall–Kier alpha value is -4.20. The van der Waals surface area contributed by atoms with Crippen LogP contribution in [0.3, 0.4) is 0 Å². The van der Waals surface area contributed by atoms with E-state index in [1.54, 1.807) is 18.2 Å². The summed E-state index contributed by atoms with van der Waals surface area (Å²) >= 11 is 0. The molecular formula is C24H15F3N2O3. The third kappa shape index (κ3) is 4.59. The van der Waals surface area contributed by atoms with Crippen LogP contribution in [0.5, 0.6) is 0 Å². The molecule has 0 spiro atoms. The first kappa shape index (κ1) is 21.0. The minimum atomic E-state index is -5.28. The molecule has 3 aromatic carbocycles. The normalized spacial score (nSPS) is 11.2. The number of nitrogens with one attached hydrogen (secondary N) is 1. The van der Waals surface area contributed by atoms with E-state index in [-0.39, 0.29) is 11.3 Å². The summed E-state index contributed by atoms with van der Waals surface area (Å²) < 4.78 is 41.7. The molecule has 0 bridgehead atoms. The zero-order chi connectivity index (χ0) is 22.7. The second-order valence-corrected chi connectivity index (χ2v) is 6.84. The summed E-state index contributed by atoms with van der Waals surface area (Å²) in [7, 11) is 0. The molecule has 1 N–H and O–H groups in total. The number of halogens is 3. The summed E-state index contributed by atoms with van der Waals surface area (Å²) in [4.78, 5) is 27.9. The number of anilines is 2. The lowest BCUT2D eigenvalue weighted by molar-refractivity contribution is -0.193. The molecule has 1 heterocycles. The lowest BCUT2D eigenvalue weighted by Crippen LogP contribution is -2.28. The van der Waals surface area contributed by atoms with Crippen molar-refractivity contribution in [3.63, 3.8) is 0 Å². The molecule has 5 nitrogen and oxygen atoms in total. The number of aromatic nitrogens is 1. The van der Waals surface area contributed by atoms with Crippen LogP contribution in [0.2, 0.25) is 0 Å². The highest BCUT2D eigenvalue weighted by atomic mass is 19.4. The van der Waals surface area contributed by atoms with Crippen molar-refractivity contribution in [2.45, 2.75) is 6.18 Å². The number of alkyl halides is 3. The second-order valence-electron chi connectivity index (χ2n) is 6.84. The quantitative estimate of drug-likeness (QED) is 0.319. The first-order valence-corrected chi connectivity index (χ1v) is 9.46. The maximum atomic E-state index is 12.6. The van der Waals surface area contributed by atoms with Gasteiger partial charge in [-0.3, -0.25) is 4.98 Å². The van der Waals surface area contributed by atoms with E-state index >= 15 is 0 Å². The lowest BCUT2D eigenvalue weighted by atomic mass is 10.0. The van der Waals surface area contributed by atoms with Gasteiger partial charge in [0.05, 0.1) is 28.7 Å². The summed E-state index contributed by atoms with van der Waals surface area (Å²) in [5.41, 5.74) is 2.74. The van der Waals surface area contributed by atoms with E-state index in [0.717, 1.165) is 16.5 Å². The Morgan fingerprint density at radius 1 is 0.844 bits per heavy atom. The Labute approximate surface area is 180 Å². The van der Waals surface area contributed by atoms with Crippen LogP contribution >= 0.6 is 0 Å². The maximum Gasteiger partial charge on any atom is 0.491 e. The first-order valence-electron chi connectivity index (χ1n) is 9.46. The van der Waals surface area contributed by atoms with Gasteiger partial charge in [-0.05, 0) is 35.4 Å². The van der Waals surface area contributed by atoms with E-state index in [4.69, 9.17) is 0 Å². The fraction of sp³-hybridized carbons (Fsp3) is 0.0417. The van der Waals surface area contributed by atoms with Gasteiger partial charge in [-0.2, -0.15) is 13.2 Å². The lowest BCUT2D eigenvalue weighted by Gasteiger charge is -2.14. The van der Waals surface area contributed by atoms with Crippen LogP contribution in [0, 0.1) is 0 Å². The van der Waals surface area contributed by atoms with E-state index in [1.807, 2.05) is 54.6 Å². The van der Waals surface area contributed by atoms with Gasteiger partial charge in [-0.25, -0.2) is 9.59 Å². The third-order valence-corrected chi connectivity index (χ3v) is 4.63. The maximum absolute atomic E-state index is 12.6. The molecule has 0 saturated heterocycles. The summed E-state index contributed by atoms with van der Waals surface area (Å²) in [6.45, 7) is 0. The number of carbonyl (C=O) groups excluding carboxylic acids is 2. The molecule has 0 saturated carbocycles. The van der Waals surface area contributed by atoms with Crippen molar-refractivity contribution in [2.24, 2.45) is 0 Å². The van der Waals surface area contributed by atoms with Crippen LogP contribution in [-0.2, 0) is 9.53 Å². The fourth-order valence-corrected chi connectivity index (χ4v) is 3.13. The molecule has 0 unspecified atom stereocenters. The van der Waals surface area contributed by atoms with Gasteiger partial charge in [0.15, 0.2) is 0 Å². The molecule has 32 heavy (non-hydrogen) atoms. The van der Waals surface area contributed by atoms with Gasteiger partial charge in [0.25, 0.3) is 0 Å². The zero-order valence-corrected chi connectivity index (χ0v) is 16.4. The molecule has 4 aromatic rings. The number of hydrogen-bond donors (Lipinski definition) is 1. The third-order valence-electron chi connectivity index (χ3n) is 4.63. The minimum absolute atomic E-state index is 0.170. The average Bonchev–Trinajstić information content (AvgIpc) is 2.79. The fourth-order valence-electron chi connectivity index (χ4n) is 3.13. The first-order chi connectivity index (χ1) is 15.3. The molecule has 0 aliphatic carbocycles. The number of hydrogen-bond acceptors (Lipinski definition) is 5. The van der Waals surface area contributed by atoms with E-state index < -0.39 is 18.1 Å². The molecule has 1 aromatic heterocycles. The standard InChI is InChI=1S/C24H15F3N2O3/c25-24(26,27)23(31)32-22(30)19-11-10-16(15-6-2-1-3-7-15)13-21(19)29-18-12-17-8-4-5-9-20(17)28-14-18/h1-14,29H. The molecule has 0 fully saturated rings. The molecule has 8 heteroatoms. The topological polar surface area (TPSA) is 68.3 Å². The number of fused-ring (bicyclic) bond motifs is 1. The predicted octanol–water partition coefficient (Wildman–Crippen LogP) is 5.89. The molecule has 160 valence electrons. The summed E-state index contributed by atoms with van der Waals surface area (Å²) in [6.07, 6.45) is -3.75. The van der Waals surface area contributed by atoms with Crippen LogP contribution in [0.25, 0.3) is 22.0 Å². The number of carbonyl (C=O) groups is 2. The van der Waals surface area contributed by atoms with Crippen molar-refractivity contribution >= 4 is 34.2 Å². The highest BCUT2D eigenvalue weighted by Gasteiger charge is 2.42. The molecule has 0 aliphatic rings. The summed E-state index contributed by atoms with van der Waals surface area (Å²) in [5.74, 6) is -3.99. The smallest absolute Gasteiger partial charge is 0.383 e. The van der Waals surface area contributed by atoms with Gasteiger partial charge in [0.2, 0.25) is 0 Å². The Bertz CT molecular complexity index is 1300. The summed E-state index contributed by atoms with van der Waals surface area (Å²) in [6, 6.07) is 22.8. The monoisotopic (exact) mass is 436 g/mol. The van der Waals surface area contributed by atoms with E-state index in [1.165, 1.54) is 12.3 Å². The minimum Gasteiger partial charge on any atom is -0.383 e. The zero-order valence-electron chi connectivity index (χ0n) is 16.4. The number of ether oxygens (including phenoxy) is 1. The molecule has 0 aliphatic heterocycles. The molecular weight excluding hydrogens is 421 g/mol. The largest absolute Gasteiger partial charge is 0.491 e. The highest BCUT2D eigenvalue weighted by molar-refractivity contribution is 6.03. The Morgan fingerprint density at radius 3 is 2.31 bits per heavy atom. The van der Waals surface area contributed by atoms with Crippen molar-refractivity contribution in [2.75, 3.05) is 5.32 Å². The second kappa shape index (κ2) is 8.50. The van der Waals surface area contributed by atoms with Gasteiger partial charge in [0, 0.05) is 5.39 Å². The van der Waals surface area contributed by atoms with E-state index in [0.29, 0.717) is 11.3 Å². The van der Waals surface area contributed by atoms with Gasteiger partial charge in [0.1, 0.15) is 0 Å². The molecule has 0 radical (unpaired) electrons. The number of para-hydroxylation sites is 1. The number of pyridine rings is 1. The van der Waals surface area contributed by atoms with E-state index in [9.17, 15) is 22.8 Å². The van der Waals surface area contributed by atoms with Crippen LogP contribution < -0.4 is 5.32 Å². The van der Waals surface area contributed by atoms with Crippen molar-refractivity contribution in [3.8, 4) is 11.1 Å². The average molecular weight is 436 g/mol. The molecule has 4 rings (SSSR count). The number of benzene rings is 3. The van der Waals surface area contributed by atoms with Crippen LogP contribution in [0.15, 0.2) is 85.1 Å². The number of esters is 2. The van der Waals surface area contributed by atoms with Gasteiger partial charge in [-0.15, -0.1) is 0 Å². The number of nitrogens with zero attached hydrogens (tertiary/aromatic N) is 1. The van der Waals surface area contributed by atoms with Crippen molar-refractivity contribution < 1.29 is 27.5 Å². The van der Waals surface area contributed by atoms with Crippen molar-refractivity contribution in [3.05, 3.63) is 90.6 Å². The van der Waals surface area contributed by atoms with Crippen LogP contribution in [-0.4, -0.2) is 23.1 Å². The van der Waals surface area contributed by atoms with Crippen LogP contribution in [0.1, 0.15) is 10.4 Å². The Morgan fingerprint density at radius 2 is 1.56 bits per heavy atom. The molecule has 0 amide bonds. The number of rotatable bonds is 4. The summed E-state index contributed by atoms with van der Waals surface area (Å²) in [5, 5.41) is 3.84. The Balaban J connectivity index is 1.73. The van der Waals surface area contributed by atoms with Gasteiger partial charge >= 0.3 is 18.1 Å². The molecule has 0 atom stereocenters. The van der Waals surface area contributed by atoms with E-state index in [2.05, 4.69) is 15.0 Å². The predicted molar refractivity (Wildman–Crippen MR) is 113 cm³/mol.